The number of aliphatic imine (C=N–C) groups is 1. The van der Waals surface area contributed by atoms with Crippen molar-refractivity contribution in [3.05, 3.63) is 29.8 Å². The van der Waals surface area contributed by atoms with E-state index in [-0.39, 0.29) is 88.6 Å². The third-order valence-electron chi connectivity index (χ3n) is 13.9. The Morgan fingerprint density at radius 3 is 1.95 bits per heavy atom. The molecule has 420 valence electrons. The first kappa shape index (κ1) is 63.5. The molecule has 0 radical (unpaired) electrons. The van der Waals surface area contributed by atoms with E-state index in [0.29, 0.717) is 44.2 Å². The standard InChI is InChI=1S/C53H86N10O11S/c1-31(2)27-35(50(73)74)30-42(67)43(52(4,5)6)60-45(68)34(28-33-19-21-36(65)22-20-33)29-41(66)38-17-13-25-62(38)48(71)40(16-12-24-57-51(55)56)61(9)47(70)37(15-10-11-23-54)59-46(69)39-18-14-26-63(39)49(72)44(53(7,8)75)58-32(3)64/h19-22,31,34-35,37-40,43-44,65,75H,10-18,23-30,54H2,1-9H3,(H,58,64)(H,59,69)(H,60,68)(H,73,74)(H4,55,56,57)/t34-,35-,37+,38+,39+,40+,43-,44-/m1/s1. The van der Waals surface area contributed by atoms with E-state index in [2.05, 4.69) is 33.6 Å². The van der Waals surface area contributed by atoms with E-state index in [0.717, 1.165) is 0 Å². The summed E-state index contributed by atoms with van der Waals surface area (Å²) in [4.78, 5) is 133. The molecule has 22 heteroatoms. The Labute approximate surface area is 448 Å². The van der Waals surface area contributed by atoms with Crippen molar-refractivity contribution < 1.29 is 53.4 Å². The molecular weight excluding hydrogens is 985 g/mol. The second-order valence-electron chi connectivity index (χ2n) is 22.3. The van der Waals surface area contributed by atoms with Gasteiger partial charge in [-0.2, -0.15) is 12.6 Å². The third-order valence-corrected chi connectivity index (χ3v) is 14.2. The predicted molar refractivity (Wildman–Crippen MR) is 288 cm³/mol. The Kier molecular flexibility index (Phi) is 24.5. The number of nitrogens with one attached hydrogen (secondary N) is 3. The van der Waals surface area contributed by atoms with E-state index < -0.39 is 111 Å². The molecule has 21 nitrogen and oxygen atoms in total. The molecular formula is C53H86N10O11S. The lowest BCUT2D eigenvalue weighted by Crippen LogP contribution is -2.60. The molecule has 3 rings (SSSR count). The van der Waals surface area contributed by atoms with Crippen LogP contribution in [0.25, 0.3) is 0 Å². The van der Waals surface area contributed by atoms with Gasteiger partial charge in [-0.15, -0.1) is 0 Å². The monoisotopic (exact) mass is 1070 g/mol. The highest BCUT2D eigenvalue weighted by atomic mass is 32.1. The Balaban J connectivity index is 1.98. The summed E-state index contributed by atoms with van der Waals surface area (Å²) >= 11 is 4.56. The van der Waals surface area contributed by atoms with Crippen molar-refractivity contribution in [1.29, 1.82) is 0 Å². The Hall–Kier alpha value is -5.77. The minimum Gasteiger partial charge on any atom is -0.508 e. The number of carbonyl (C=O) groups excluding carboxylic acids is 8. The maximum Gasteiger partial charge on any atom is 0.306 e. The van der Waals surface area contributed by atoms with Crippen LogP contribution in [0.15, 0.2) is 29.3 Å². The van der Waals surface area contributed by atoms with E-state index in [1.165, 1.54) is 40.8 Å². The highest BCUT2D eigenvalue weighted by Gasteiger charge is 2.45. The molecule has 0 unspecified atom stereocenters. The molecule has 8 atom stereocenters. The second-order valence-corrected chi connectivity index (χ2v) is 23.5. The van der Waals surface area contributed by atoms with Crippen molar-refractivity contribution in [2.75, 3.05) is 33.2 Å². The summed E-state index contributed by atoms with van der Waals surface area (Å²) in [6.45, 7) is 14.4. The molecule has 0 saturated carbocycles. The minimum absolute atomic E-state index is 0.00172. The number of amides is 6. The number of likely N-dealkylation sites (N-methyl/N-ethyl adjacent to an activating group) is 1. The molecule has 75 heavy (non-hydrogen) atoms. The van der Waals surface area contributed by atoms with E-state index in [1.54, 1.807) is 46.8 Å². The van der Waals surface area contributed by atoms with Crippen molar-refractivity contribution in [2.24, 2.45) is 45.4 Å². The van der Waals surface area contributed by atoms with Gasteiger partial charge in [0.25, 0.3) is 0 Å². The van der Waals surface area contributed by atoms with Crippen LogP contribution in [0.3, 0.4) is 0 Å². The van der Waals surface area contributed by atoms with Crippen LogP contribution in [0.4, 0.5) is 0 Å². The first-order valence-corrected chi connectivity index (χ1v) is 26.7. The third kappa shape index (κ3) is 19.4. The fourth-order valence-electron chi connectivity index (χ4n) is 9.96. The van der Waals surface area contributed by atoms with Gasteiger partial charge in [0, 0.05) is 57.1 Å². The fourth-order valence-corrected chi connectivity index (χ4v) is 10.1. The molecule has 0 spiro atoms. The van der Waals surface area contributed by atoms with Gasteiger partial charge < -0.3 is 58.1 Å². The number of hydrogen-bond acceptors (Lipinski definition) is 13. The number of carboxylic acids is 1. The summed E-state index contributed by atoms with van der Waals surface area (Å²) in [5.74, 6) is -7.50. The lowest BCUT2D eigenvalue weighted by Gasteiger charge is -2.36. The molecule has 11 N–H and O–H groups in total. The van der Waals surface area contributed by atoms with Crippen molar-refractivity contribution >= 4 is 71.6 Å². The number of carbonyl (C=O) groups is 9. The normalized spacial score (nSPS) is 18.2. The van der Waals surface area contributed by atoms with Crippen LogP contribution in [-0.4, -0.2) is 158 Å². The number of benzene rings is 1. The van der Waals surface area contributed by atoms with E-state index in [4.69, 9.17) is 17.2 Å². The van der Waals surface area contributed by atoms with Crippen LogP contribution >= 0.6 is 12.6 Å². The SMILES string of the molecule is CC(=O)N[C@H](C(=O)N1CCC[C@H]1C(=O)N[C@@H](CCCCN)C(=O)N(C)[C@@H](CCCN=C(N)N)C(=O)N1CCC[C@H]1C(=O)C[C@@H](Cc1ccc(O)cc1)C(=O)N[C@H](C(=O)C[C@@H](CC(C)C)C(=O)O)C(C)(C)C)C(C)(C)S. The molecule has 2 heterocycles. The molecule has 0 aromatic heterocycles. The summed E-state index contributed by atoms with van der Waals surface area (Å²) in [5, 5.41) is 28.4. The highest BCUT2D eigenvalue weighted by molar-refractivity contribution is 7.81. The number of phenols is 1. The van der Waals surface area contributed by atoms with Crippen LogP contribution in [0, 0.1) is 23.2 Å². The van der Waals surface area contributed by atoms with E-state index in [9.17, 15) is 53.4 Å². The maximum atomic E-state index is 15.0. The van der Waals surface area contributed by atoms with Crippen LogP contribution in [0.1, 0.15) is 138 Å². The summed E-state index contributed by atoms with van der Waals surface area (Å²) < 4.78 is -0.984. The number of ketones is 2. The lowest BCUT2D eigenvalue weighted by molar-refractivity contribution is -0.149. The number of Topliss-reactive ketones (excluding diaryl/α,β-unsaturated/α-hetero) is 2. The largest absolute Gasteiger partial charge is 0.508 e. The Morgan fingerprint density at radius 1 is 0.813 bits per heavy atom. The number of phenolic OH excluding ortho intramolecular Hbond substituents is 1. The highest BCUT2D eigenvalue weighted by Crippen LogP contribution is 2.30. The Bertz CT molecular complexity index is 2190. The fraction of sp³-hybridized carbons (Fsp3) is 0.698. The molecule has 2 saturated heterocycles. The van der Waals surface area contributed by atoms with Gasteiger partial charge in [0.2, 0.25) is 35.4 Å². The molecule has 1 aromatic carbocycles. The predicted octanol–water partition coefficient (Wildman–Crippen LogP) is 2.44. The zero-order valence-electron chi connectivity index (χ0n) is 45.6. The zero-order chi connectivity index (χ0) is 56.5. The average molecular weight is 1070 g/mol. The summed E-state index contributed by atoms with van der Waals surface area (Å²) in [6, 6.07) is -0.323. The molecule has 2 aliphatic heterocycles. The van der Waals surface area contributed by atoms with Crippen molar-refractivity contribution in [1.82, 2.24) is 30.7 Å². The summed E-state index contributed by atoms with van der Waals surface area (Å²) in [6.07, 6.45) is 2.50. The minimum atomic E-state index is -1.17. The second kappa shape index (κ2) is 28.9. The van der Waals surface area contributed by atoms with Gasteiger partial charge in [-0.3, -0.25) is 48.1 Å². The van der Waals surface area contributed by atoms with Gasteiger partial charge in [-0.05, 0) is 120 Å². The first-order valence-electron chi connectivity index (χ1n) is 26.3. The summed E-state index contributed by atoms with van der Waals surface area (Å²) in [5.41, 5.74) is 16.8. The van der Waals surface area contributed by atoms with Crippen LogP contribution in [-0.2, 0) is 49.6 Å². The number of hydrogen-bond donors (Lipinski definition) is 9. The number of likely N-dealkylation sites (tertiary alicyclic amines) is 2. The molecule has 2 fully saturated rings. The van der Waals surface area contributed by atoms with Crippen molar-refractivity contribution in [2.45, 2.75) is 180 Å². The number of thiol groups is 1. The van der Waals surface area contributed by atoms with Crippen molar-refractivity contribution in [3.63, 3.8) is 0 Å². The number of aromatic hydroxyl groups is 1. The van der Waals surface area contributed by atoms with Crippen LogP contribution in [0.2, 0.25) is 0 Å². The zero-order valence-corrected chi connectivity index (χ0v) is 46.5. The number of carboxylic acid groups (broad SMARTS) is 1. The number of nitrogens with zero attached hydrogens (tertiary/aromatic N) is 4. The number of guanidine groups is 1. The average Bonchev–Trinajstić information content (AvgIpc) is 4.02. The van der Waals surface area contributed by atoms with Gasteiger partial charge in [-0.1, -0.05) is 46.8 Å². The molecule has 6 amide bonds. The van der Waals surface area contributed by atoms with Gasteiger partial charge in [0.15, 0.2) is 17.5 Å². The number of aliphatic carboxylic acids is 1. The van der Waals surface area contributed by atoms with Crippen LogP contribution < -0.4 is 33.2 Å². The van der Waals surface area contributed by atoms with Gasteiger partial charge in [0.1, 0.15) is 29.9 Å². The lowest BCUT2D eigenvalue weighted by atomic mass is 9.80. The van der Waals surface area contributed by atoms with E-state index >= 15 is 0 Å². The molecule has 2 aliphatic rings. The smallest absolute Gasteiger partial charge is 0.306 e. The first-order chi connectivity index (χ1) is 35.0. The molecule has 0 bridgehead atoms. The summed E-state index contributed by atoms with van der Waals surface area (Å²) in [7, 11) is 1.45. The Morgan fingerprint density at radius 2 is 1.41 bits per heavy atom. The maximum absolute atomic E-state index is 15.0. The topological polar surface area (TPSA) is 330 Å². The number of nitrogens with two attached hydrogens (primary N) is 3. The van der Waals surface area contributed by atoms with Gasteiger partial charge >= 0.3 is 5.97 Å². The molecule has 0 aliphatic carbocycles. The number of unbranched alkanes of at least 4 members (excludes halogenated alkanes) is 1. The van der Waals surface area contributed by atoms with Crippen molar-refractivity contribution in [3.8, 4) is 5.75 Å². The van der Waals surface area contributed by atoms with Gasteiger partial charge in [0.05, 0.1) is 18.0 Å². The molecule has 1 aromatic rings. The van der Waals surface area contributed by atoms with E-state index in [1.807, 2.05) is 13.8 Å². The number of rotatable bonds is 29. The van der Waals surface area contributed by atoms with Gasteiger partial charge in [-0.25, -0.2) is 0 Å². The van der Waals surface area contributed by atoms with Crippen LogP contribution in [0.5, 0.6) is 5.75 Å². The quantitative estimate of drug-likeness (QED) is 0.0241.